The Morgan fingerprint density at radius 3 is 1.94 bits per heavy atom. The molecule has 0 bridgehead atoms. The van der Waals surface area contributed by atoms with E-state index in [1.165, 1.54) is 21.5 Å². The van der Waals surface area contributed by atoms with Crippen LogP contribution >= 0.6 is 7.92 Å². The molecule has 1 heterocycles. The number of aliphatic imine (C=N–C) groups is 1. The number of pyridine rings is 1. The van der Waals surface area contributed by atoms with Gasteiger partial charge in [-0.05, 0) is 37.6 Å². The molecule has 0 fully saturated rings. The smallest absolute Gasteiger partial charge is 0.296 e. The summed E-state index contributed by atoms with van der Waals surface area (Å²) in [5, 5.41) is 4.09. The van der Waals surface area contributed by atoms with Crippen molar-refractivity contribution in [2.45, 2.75) is 13.0 Å². The Morgan fingerprint density at radius 1 is 0.794 bits per heavy atom. The molecule has 0 aliphatic rings. The van der Waals surface area contributed by atoms with E-state index >= 15 is 0 Å². The van der Waals surface area contributed by atoms with Gasteiger partial charge in [0.1, 0.15) is 0 Å². The fourth-order valence-electron chi connectivity index (χ4n) is 3.60. The largest absolute Gasteiger partial charge is 2.00 e. The van der Waals surface area contributed by atoms with Gasteiger partial charge in [0.15, 0.2) is 0 Å². The van der Waals surface area contributed by atoms with E-state index in [0.717, 1.165) is 5.69 Å². The number of nitrogens with zero attached hydrogens (tertiary/aromatic N) is 2. The molecule has 4 heteroatoms. The zero-order chi connectivity index (χ0) is 22.7. The Balaban J connectivity index is 0.000000481. The molecule has 0 spiro atoms. The number of hydrogen-bond donors (Lipinski definition) is 0. The van der Waals surface area contributed by atoms with Gasteiger partial charge in [-0.2, -0.15) is 24.3 Å². The summed E-state index contributed by atoms with van der Waals surface area (Å²) < 4.78 is 0. The molecule has 1 unspecified atom stereocenters. The fraction of sp³-hybridized carbons (Fsp3) is 0.0667. The summed E-state index contributed by atoms with van der Waals surface area (Å²) in [6.07, 6.45) is 3.67. The molecule has 170 valence electrons. The van der Waals surface area contributed by atoms with Gasteiger partial charge in [-0.3, -0.25) is 9.98 Å². The molecule has 34 heavy (non-hydrogen) atoms. The third-order valence-electron chi connectivity index (χ3n) is 5.22. The normalized spacial score (nSPS) is 11.5. The number of benzene rings is 2. The first-order valence-corrected chi connectivity index (χ1v) is 12.4. The van der Waals surface area contributed by atoms with Crippen LogP contribution in [0, 0.1) is 0 Å². The maximum atomic E-state index is 4.79. The average Bonchev–Trinajstić information content (AvgIpc) is 3.61. The van der Waals surface area contributed by atoms with E-state index in [2.05, 4.69) is 90.8 Å². The van der Waals surface area contributed by atoms with Crippen LogP contribution in [0.4, 0.5) is 0 Å². The van der Waals surface area contributed by atoms with Crippen molar-refractivity contribution in [1.29, 1.82) is 0 Å². The summed E-state index contributed by atoms with van der Waals surface area (Å²) in [6, 6.07) is 44.1. The number of rotatable bonds is 6. The van der Waals surface area contributed by atoms with Gasteiger partial charge < -0.3 is 0 Å². The topological polar surface area (TPSA) is 25.2 Å². The van der Waals surface area contributed by atoms with Crippen molar-refractivity contribution in [2.24, 2.45) is 4.99 Å². The first-order chi connectivity index (χ1) is 16.3. The zero-order valence-corrected chi connectivity index (χ0v) is 21.1. The first-order valence-electron chi connectivity index (χ1n) is 11.1. The predicted molar refractivity (Wildman–Crippen MR) is 143 cm³/mol. The molecule has 1 atom stereocenters. The van der Waals surface area contributed by atoms with Crippen LogP contribution in [-0.4, -0.2) is 11.2 Å². The maximum Gasteiger partial charge on any atom is 2.00 e. The summed E-state index contributed by atoms with van der Waals surface area (Å²) in [5.74, 6) is 0. The molecule has 0 aliphatic carbocycles. The second kappa shape index (κ2) is 13.6. The van der Waals surface area contributed by atoms with Crippen LogP contribution in [0.3, 0.4) is 0 Å². The van der Waals surface area contributed by atoms with Crippen LogP contribution in [-0.2, 0) is 17.1 Å². The van der Waals surface area contributed by atoms with Crippen molar-refractivity contribution in [2.75, 3.05) is 0 Å². The van der Waals surface area contributed by atoms with Gasteiger partial charge >= 0.3 is 17.1 Å². The molecular weight excluding hydrogens is 475 g/mol. The van der Waals surface area contributed by atoms with Gasteiger partial charge in [-0.1, -0.05) is 66.7 Å². The molecule has 0 saturated carbocycles. The van der Waals surface area contributed by atoms with Crippen LogP contribution in [0.15, 0.2) is 139 Å². The summed E-state index contributed by atoms with van der Waals surface area (Å²) in [5.41, 5.74) is 2.17. The first kappa shape index (κ1) is 25.5. The Bertz CT molecular complexity index is 1160. The minimum atomic E-state index is -0.617. The standard InChI is InChI=1S/C25H22N2P.C5H5.Fe/c1-20(27-19-21-11-8-9-18-26-21)24-16-10-17-25(24)28(22-12-4-2-5-13-22)23-14-6-3-7-15-23;1-2-4-5-3-1;/h2-20H,1H3;1-5H;/q2*-1;+2. The van der Waals surface area contributed by atoms with Gasteiger partial charge in [-0.15, -0.1) is 10.9 Å². The van der Waals surface area contributed by atoms with Crippen molar-refractivity contribution in [3.8, 4) is 0 Å². The molecular formula is C30H27FeN2P. The molecule has 5 aromatic rings. The fourth-order valence-corrected chi connectivity index (χ4v) is 6.15. The van der Waals surface area contributed by atoms with Crippen molar-refractivity contribution in [3.05, 3.63) is 145 Å². The van der Waals surface area contributed by atoms with E-state index in [-0.39, 0.29) is 23.1 Å². The summed E-state index contributed by atoms with van der Waals surface area (Å²) >= 11 is 0. The Labute approximate surface area is 214 Å². The monoisotopic (exact) mass is 502 g/mol. The minimum absolute atomic E-state index is 0. The SMILES string of the molecule is CC(N=Cc1ccccn1)[c-]1cccc1P(c1ccccc1)c1ccccc1.[Fe+2].c1cc[cH-]c1. The van der Waals surface area contributed by atoms with Gasteiger partial charge in [0.2, 0.25) is 0 Å². The van der Waals surface area contributed by atoms with E-state index in [4.69, 9.17) is 4.99 Å². The Hall–Kier alpha value is -3.09. The molecule has 5 rings (SSSR count). The molecule has 0 radical (unpaired) electrons. The van der Waals surface area contributed by atoms with E-state index in [0.29, 0.717) is 0 Å². The van der Waals surface area contributed by atoms with Gasteiger partial charge in [-0.25, -0.2) is 24.3 Å². The van der Waals surface area contributed by atoms with Crippen LogP contribution < -0.4 is 15.9 Å². The van der Waals surface area contributed by atoms with Gasteiger partial charge in [0, 0.05) is 18.5 Å². The molecule has 0 N–H and O–H groups in total. The van der Waals surface area contributed by atoms with Crippen LogP contribution in [0.5, 0.6) is 0 Å². The number of hydrogen-bond acceptors (Lipinski definition) is 2. The molecule has 0 aliphatic heterocycles. The van der Waals surface area contributed by atoms with Crippen molar-refractivity contribution in [3.63, 3.8) is 0 Å². The summed E-state index contributed by atoms with van der Waals surface area (Å²) in [6.45, 7) is 2.15. The molecule has 4 aromatic carbocycles. The van der Waals surface area contributed by atoms with Crippen molar-refractivity contribution in [1.82, 2.24) is 4.98 Å². The molecule has 1 aromatic heterocycles. The summed E-state index contributed by atoms with van der Waals surface area (Å²) in [7, 11) is -0.617. The van der Waals surface area contributed by atoms with Crippen LogP contribution in [0.2, 0.25) is 0 Å². The second-order valence-corrected chi connectivity index (χ2v) is 9.73. The maximum absolute atomic E-state index is 4.79. The van der Waals surface area contributed by atoms with Crippen LogP contribution in [0.25, 0.3) is 0 Å². The average molecular weight is 502 g/mol. The van der Waals surface area contributed by atoms with E-state index in [1.807, 2.05) is 54.7 Å². The third-order valence-corrected chi connectivity index (χ3v) is 7.74. The molecule has 2 nitrogen and oxygen atoms in total. The predicted octanol–water partition coefficient (Wildman–Crippen LogP) is 6.14. The summed E-state index contributed by atoms with van der Waals surface area (Å²) in [4.78, 5) is 9.13. The van der Waals surface area contributed by atoms with Crippen LogP contribution in [0.1, 0.15) is 24.2 Å². The van der Waals surface area contributed by atoms with Gasteiger partial charge in [0.05, 0.1) is 5.69 Å². The van der Waals surface area contributed by atoms with E-state index < -0.39 is 7.92 Å². The molecule has 0 amide bonds. The Kier molecular flexibility index (Phi) is 10.2. The van der Waals surface area contributed by atoms with Crippen molar-refractivity contribution >= 4 is 30.0 Å². The number of aromatic nitrogens is 1. The van der Waals surface area contributed by atoms with E-state index in [9.17, 15) is 0 Å². The zero-order valence-electron chi connectivity index (χ0n) is 19.1. The van der Waals surface area contributed by atoms with Crippen molar-refractivity contribution < 1.29 is 17.1 Å². The third kappa shape index (κ3) is 6.95. The minimum Gasteiger partial charge on any atom is -0.296 e. The Morgan fingerprint density at radius 2 is 1.41 bits per heavy atom. The molecule has 0 saturated heterocycles. The second-order valence-electron chi connectivity index (χ2n) is 7.54. The quantitative estimate of drug-likeness (QED) is 0.119. The van der Waals surface area contributed by atoms with E-state index in [1.54, 1.807) is 6.20 Å². The van der Waals surface area contributed by atoms with Gasteiger partial charge in [0.25, 0.3) is 0 Å².